The Morgan fingerprint density at radius 1 is 1.32 bits per heavy atom. The van der Waals surface area contributed by atoms with Gasteiger partial charge in [0.15, 0.2) is 5.82 Å². The number of aryl methyl sites for hydroxylation is 1. The van der Waals surface area contributed by atoms with Crippen molar-refractivity contribution in [1.29, 1.82) is 0 Å². The third kappa shape index (κ3) is 2.78. The van der Waals surface area contributed by atoms with Gasteiger partial charge in [0.2, 0.25) is 0 Å². The maximum absolute atomic E-state index is 13.7. The van der Waals surface area contributed by atoms with Crippen LogP contribution in [0.4, 0.5) is 8.78 Å². The molecule has 1 aromatic heterocycles. The van der Waals surface area contributed by atoms with Crippen LogP contribution in [-0.2, 0) is 0 Å². The average Bonchev–Trinajstić information content (AvgIpc) is 2.83. The molecule has 2 rings (SSSR count). The van der Waals surface area contributed by atoms with Crippen molar-refractivity contribution >= 4 is 0 Å². The van der Waals surface area contributed by atoms with Gasteiger partial charge in [-0.15, -0.1) is 0 Å². The summed E-state index contributed by atoms with van der Waals surface area (Å²) in [6.45, 7) is 3.53. The van der Waals surface area contributed by atoms with Crippen LogP contribution in [0.1, 0.15) is 37.2 Å². The van der Waals surface area contributed by atoms with Crippen LogP contribution in [0.15, 0.2) is 16.7 Å². The Balaban J connectivity index is 2.35. The minimum atomic E-state index is -0.734. The molecule has 0 aliphatic heterocycles. The summed E-state index contributed by atoms with van der Waals surface area (Å²) in [5, 5.41) is 3.73. The predicted molar refractivity (Wildman–Crippen MR) is 66.2 cm³/mol. The minimum absolute atomic E-state index is 0.0159. The summed E-state index contributed by atoms with van der Waals surface area (Å²) in [6, 6.07) is 1.81. The third-order valence-electron chi connectivity index (χ3n) is 2.85. The number of benzene rings is 1. The molecule has 0 saturated heterocycles. The zero-order valence-corrected chi connectivity index (χ0v) is 10.8. The average molecular weight is 267 g/mol. The first-order valence-corrected chi connectivity index (χ1v) is 6.08. The smallest absolute Gasteiger partial charge is 0.260 e. The lowest BCUT2D eigenvalue weighted by molar-refractivity contribution is 0.411. The van der Waals surface area contributed by atoms with Crippen molar-refractivity contribution in [3.05, 3.63) is 35.2 Å². The second-order valence-electron chi connectivity index (χ2n) is 4.43. The molecular formula is C13H15F2N3O. The molecule has 19 heavy (non-hydrogen) atoms. The number of nitrogens with two attached hydrogens (primary N) is 1. The van der Waals surface area contributed by atoms with Crippen molar-refractivity contribution in [3.63, 3.8) is 0 Å². The minimum Gasteiger partial charge on any atom is -0.334 e. The molecule has 0 spiro atoms. The van der Waals surface area contributed by atoms with Gasteiger partial charge in [0.25, 0.3) is 5.89 Å². The fraction of sp³-hybridized carbons (Fsp3) is 0.385. The SMILES string of the molecule is CCCC(N)c1noc(-c2cc(C)c(F)cc2F)n1. The molecule has 2 N–H and O–H groups in total. The molecule has 1 heterocycles. The lowest BCUT2D eigenvalue weighted by Crippen LogP contribution is -2.11. The van der Waals surface area contributed by atoms with Crippen molar-refractivity contribution < 1.29 is 13.3 Å². The van der Waals surface area contributed by atoms with Gasteiger partial charge in [0.1, 0.15) is 11.6 Å². The number of hydrogen-bond donors (Lipinski definition) is 1. The van der Waals surface area contributed by atoms with Gasteiger partial charge in [-0.3, -0.25) is 0 Å². The van der Waals surface area contributed by atoms with Gasteiger partial charge in [-0.1, -0.05) is 18.5 Å². The van der Waals surface area contributed by atoms with E-state index in [9.17, 15) is 8.78 Å². The quantitative estimate of drug-likeness (QED) is 0.924. The van der Waals surface area contributed by atoms with E-state index in [1.807, 2.05) is 6.92 Å². The van der Waals surface area contributed by atoms with E-state index in [0.717, 1.165) is 12.5 Å². The highest BCUT2D eigenvalue weighted by atomic mass is 19.1. The lowest BCUT2D eigenvalue weighted by Gasteiger charge is -2.03. The van der Waals surface area contributed by atoms with Crippen LogP contribution >= 0.6 is 0 Å². The predicted octanol–water partition coefficient (Wildman–Crippen LogP) is 3.12. The Kier molecular flexibility index (Phi) is 3.90. The van der Waals surface area contributed by atoms with E-state index in [0.29, 0.717) is 17.8 Å². The fourth-order valence-electron chi connectivity index (χ4n) is 1.76. The molecule has 1 atom stereocenters. The monoisotopic (exact) mass is 267 g/mol. The summed E-state index contributed by atoms with van der Waals surface area (Å²) >= 11 is 0. The first kappa shape index (κ1) is 13.6. The summed E-state index contributed by atoms with van der Waals surface area (Å²) in [6.07, 6.45) is 1.60. The van der Waals surface area contributed by atoms with E-state index in [1.165, 1.54) is 6.07 Å². The Labute approximate surface area is 109 Å². The molecule has 0 aliphatic carbocycles. The van der Waals surface area contributed by atoms with Gasteiger partial charge in [-0.2, -0.15) is 4.98 Å². The van der Waals surface area contributed by atoms with E-state index in [4.69, 9.17) is 10.3 Å². The Hall–Kier alpha value is -1.82. The van der Waals surface area contributed by atoms with Crippen molar-refractivity contribution in [1.82, 2.24) is 10.1 Å². The molecular weight excluding hydrogens is 252 g/mol. The van der Waals surface area contributed by atoms with Crippen LogP contribution in [0, 0.1) is 18.6 Å². The van der Waals surface area contributed by atoms with Crippen LogP contribution in [0.3, 0.4) is 0 Å². The highest BCUT2D eigenvalue weighted by Crippen LogP contribution is 2.25. The molecule has 0 amide bonds. The highest BCUT2D eigenvalue weighted by Gasteiger charge is 2.18. The maximum atomic E-state index is 13.7. The lowest BCUT2D eigenvalue weighted by atomic mass is 10.1. The Morgan fingerprint density at radius 3 is 2.74 bits per heavy atom. The molecule has 102 valence electrons. The number of halogens is 2. The molecule has 1 unspecified atom stereocenters. The summed E-state index contributed by atoms with van der Waals surface area (Å²) < 4.78 is 31.8. The van der Waals surface area contributed by atoms with E-state index < -0.39 is 11.6 Å². The number of nitrogens with zero attached hydrogens (tertiary/aromatic N) is 2. The van der Waals surface area contributed by atoms with Crippen LogP contribution < -0.4 is 5.73 Å². The number of rotatable bonds is 4. The van der Waals surface area contributed by atoms with Crippen molar-refractivity contribution in [3.8, 4) is 11.5 Å². The second kappa shape index (κ2) is 5.44. The van der Waals surface area contributed by atoms with E-state index in [2.05, 4.69) is 10.1 Å². The van der Waals surface area contributed by atoms with Crippen LogP contribution in [-0.4, -0.2) is 10.1 Å². The molecule has 0 aliphatic rings. The van der Waals surface area contributed by atoms with E-state index in [1.54, 1.807) is 6.92 Å². The van der Waals surface area contributed by atoms with Gasteiger partial charge in [-0.05, 0) is 25.0 Å². The Bertz CT molecular complexity index is 583. The number of hydrogen-bond acceptors (Lipinski definition) is 4. The van der Waals surface area contributed by atoms with Crippen LogP contribution in [0.2, 0.25) is 0 Å². The molecule has 0 radical (unpaired) electrons. The topological polar surface area (TPSA) is 64.9 Å². The molecule has 0 bridgehead atoms. The van der Waals surface area contributed by atoms with Crippen molar-refractivity contribution in [2.75, 3.05) is 0 Å². The summed E-state index contributed by atoms with van der Waals surface area (Å²) in [5.74, 6) is -0.994. The van der Waals surface area contributed by atoms with E-state index in [-0.39, 0.29) is 17.5 Å². The van der Waals surface area contributed by atoms with Crippen LogP contribution in [0.25, 0.3) is 11.5 Å². The molecule has 1 aromatic carbocycles. The normalized spacial score (nSPS) is 12.7. The van der Waals surface area contributed by atoms with Crippen molar-refractivity contribution in [2.45, 2.75) is 32.7 Å². The summed E-state index contributed by atoms with van der Waals surface area (Å²) in [5.41, 5.74) is 6.25. The zero-order valence-electron chi connectivity index (χ0n) is 10.8. The van der Waals surface area contributed by atoms with Gasteiger partial charge in [0, 0.05) is 6.07 Å². The zero-order chi connectivity index (χ0) is 14.0. The number of aromatic nitrogens is 2. The van der Waals surface area contributed by atoms with Gasteiger partial charge < -0.3 is 10.3 Å². The summed E-state index contributed by atoms with van der Waals surface area (Å²) in [7, 11) is 0. The molecule has 0 fully saturated rings. The first-order valence-electron chi connectivity index (χ1n) is 6.08. The molecule has 2 aromatic rings. The van der Waals surface area contributed by atoms with Crippen LogP contribution in [0.5, 0.6) is 0 Å². The molecule has 4 nitrogen and oxygen atoms in total. The second-order valence-corrected chi connectivity index (χ2v) is 4.43. The van der Waals surface area contributed by atoms with E-state index >= 15 is 0 Å². The standard InChI is InChI=1S/C13H15F2N3O/c1-3-4-11(16)12-17-13(19-18-12)8-5-7(2)9(14)6-10(8)15/h5-6,11H,3-4,16H2,1-2H3. The van der Waals surface area contributed by atoms with Crippen molar-refractivity contribution in [2.24, 2.45) is 5.73 Å². The highest BCUT2D eigenvalue weighted by molar-refractivity contribution is 5.55. The fourth-order valence-corrected chi connectivity index (χ4v) is 1.76. The Morgan fingerprint density at radius 2 is 2.05 bits per heavy atom. The molecule has 0 saturated carbocycles. The maximum Gasteiger partial charge on any atom is 0.260 e. The summed E-state index contributed by atoms with van der Waals surface area (Å²) in [4.78, 5) is 4.07. The largest absolute Gasteiger partial charge is 0.334 e. The van der Waals surface area contributed by atoms with Gasteiger partial charge in [0.05, 0.1) is 11.6 Å². The molecule has 6 heteroatoms. The van der Waals surface area contributed by atoms with Gasteiger partial charge >= 0.3 is 0 Å². The first-order chi connectivity index (χ1) is 9.02. The third-order valence-corrected chi connectivity index (χ3v) is 2.85. The van der Waals surface area contributed by atoms with Gasteiger partial charge in [-0.25, -0.2) is 8.78 Å².